The third-order valence-corrected chi connectivity index (χ3v) is 7.09. The molecular formula is C26H37N3O4S. The van der Waals surface area contributed by atoms with Crippen molar-refractivity contribution in [3.63, 3.8) is 0 Å². The quantitative estimate of drug-likeness (QED) is 0.524. The summed E-state index contributed by atoms with van der Waals surface area (Å²) in [5.74, 6) is -0.710. The van der Waals surface area contributed by atoms with Gasteiger partial charge in [-0.2, -0.15) is 0 Å². The van der Waals surface area contributed by atoms with E-state index in [0.29, 0.717) is 12.1 Å². The lowest BCUT2D eigenvalue weighted by atomic mass is 10.1. The Kier molecular flexibility index (Phi) is 9.67. The Hall–Kier alpha value is -2.87. The number of aryl methyl sites for hydroxylation is 2. The van der Waals surface area contributed by atoms with E-state index in [-0.39, 0.29) is 25.0 Å². The van der Waals surface area contributed by atoms with Crippen molar-refractivity contribution in [3.8, 4) is 0 Å². The van der Waals surface area contributed by atoms with Gasteiger partial charge in [0.2, 0.25) is 21.8 Å². The van der Waals surface area contributed by atoms with Crippen LogP contribution in [0.5, 0.6) is 0 Å². The second-order valence-electron chi connectivity index (χ2n) is 8.75. The summed E-state index contributed by atoms with van der Waals surface area (Å²) in [4.78, 5) is 28.0. The first-order valence-electron chi connectivity index (χ1n) is 11.7. The number of amides is 2. The second kappa shape index (κ2) is 12.0. The molecular weight excluding hydrogens is 450 g/mol. The van der Waals surface area contributed by atoms with Crippen molar-refractivity contribution >= 4 is 27.5 Å². The third-order valence-electron chi connectivity index (χ3n) is 5.96. The molecule has 0 radical (unpaired) electrons. The van der Waals surface area contributed by atoms with E-state index in [9.17, 15) is 18.0 Å². The Morgan fingerprint density at radius 1 is 1.00 bits per heavy atom. The van der Waals surface area contributed by atoms with Gasteiger partial charge in [0.1, 0.15) is 12.6 Å². The van der Waals surface area contributed by atoms with Crippen molar-refractivity contribution < 1.29 is 18.0 Å². The molecule has 2 atom stereocenters. The summed E-state index contributed by atoms with van der Waals surface area (Å²) >= 11 is 0. The van der Waals surface area contributed by atoms with E-state index in [4.69, 9.17) is 0 Å². The number of benzene rings is 2. The average molecular weight is 488 g/mol. The van der Waals surface area contributed by atoms with Crippen molar-refractivity contribution in [1.29, 1.82) is 0 Å². The number of sulfonamides is 1. The molecule has 34 heavy (non-hydrogen) atoms. The average Bonchev–Trinajstić information content (AvgIpc) is 2.80. The molecule has 2 amide bonds. The Balaban J connectivity index is 2.41. The lowest BCUT2D eigenvalue weighted by molar-refractivity contribution is -0.139. The van der Waals surface area contributed by atoms with Gasteiger partial charge in [-0.15, -0.1) is 0 Å². The van der Waals surface area contributed by atoms with E-state index in [1.54, 1.807) is 19.1 Å². The Bertz CT molecular complexity index is 1080. The number of anilines is 1. The number of hydrogen-bond acceptors (Lipinski definition) is 4. The van der Waals surface area contributed by atoms with Gasteiger partial charge in [-0.05, 0) is 50.8 Å². The fraction of sp³-hybridized carbons (Fsp3) is 0.462. The van der Waals surface area contributed by atoms with Crippen molar-refractivity contribution in [2.75, 3.05) is 17.1 Å². The number of hydrogen-bond donors (Lipinski definition) is 1. The monoisotopic (exact) mass is 487 g/mol. The highest BCUT2D eigenvalue weighted by molar-refractivity contribution is 7.92. The molecule has 2 rings (SSSR count). The van der Waals surface area contributed by atoms with E-state index in [1.807, 2.05) is 64.1 Å². The summed E-state index contributed by atoms with van der Waals surface area (Å²) in [6.45, 7) is 9.28. The number of para-hydroxylation sites is 1. The van der Waals surface area contributed by atoms with Crippen molar-refractivity contribution in [3.05, 3.63) is 65.2 Å². The highest BCUT2D eigenvalue weighted by Crippen LogP contribution is 2.24. The van der Waals surface area contributed by atoms with Gasteiger partial charge >= 0.3 is 0 Å². The fourth-order valence-corrected chi connectivity index (χ4v) is 4.47. The predicted molar refractivity (Wildman–Crippen MR) is 137 cm³/mol. The molecule has 2 aromatic carbocycles. The normalized spacial score (nSPS) is 13.1. The van der Waals surface area contributed by atoms with Gasteiger partial charge in [0, 0.05) is 12.6 Å². The van der Waals surface area contributed by atoms with Gasteiger partial charge < -0.3 is 10.2 Å². The maximum Gasteiger partial charge on any atom is 0.244 e. The van der Waals surface area contributed by atoms with E-state index >= 15 is 0 Å². The van der Waals surface area contributed by atoms with Crippen LogP contribution in [0.4, 0.5) is 5.69 Å². The van der Waals surface area contributed by atoms with Crippen LogP contribution >= 0.6 is 0 Å². The lowest BCUT2D eigenvalue weighted by Crippen LogP contribution is -2.52. The Morgan fingerprint density at radius 3 is 2.18 bits per heavy atom. The SMILES string of the molecule is CCc1ccccc1N(CC(=O)N(Cc1ccc(C)cc1)[C@H](C)C(=O)N[C@H](C)CC)S(C)(=O)=O. The maximum absolute atomic E-state index is 13.6. The zero-order chi connectivity index (χ0) is 25.5. The van der Waals surface area contributed by atoms with Gasteiger partial charge in [0.15, 0.2) is 0 Å². The molecule has 0 aliphatic carbocycles. The summed E-state index contributed by atoms with van der Waals surface area (Å²) in [7, 11) is -3.74. The van der Waals surface area contributed by atoms with Gasteiger partial charge in [0.05, 0.1) is 11.9 Å². The van der Waals surface area contributed by atoms with Crippen LogP contribution in [0.2, 0.25) is 0 Å². The summed E-state index contributed by atoms with van der Waals surface area (Å²) < 4.78 is 26.6. The molecule has 0 aromatic heterocycles. The van der Waals surface area contributed by atoms with Gasteiger partial charge in [-0.1, -0.05) is 61.9 Å². The second-order valence-corrected chi connectivity index (χ2v) is 10.7. The van der Waals surface area contributed by atoms with E-state index in [1.165, 1.54) is 4.90 Å². The number of nitrogens with one attached hydrogen (secondary N) is 1. The number of rotatable bonds is 11. The molecule has 0 unspecified atom stereocenters. The molecule has 1 N–H and O–H groups in total. The number of carbonyl (C=O) groups excluding carboxylic acids is 2. The van der Waals surface area contributed by atoms with Crippen LogP contribution in [-0.4, -0.2) is 50.0 Å². The van der Waals surface area contributed by atoms with Crippen molar-refractivity contribution in [2.24, 2.45) is 0 Å². The number of nitrogens with zero attached hydrogens (tertiary/aromatic N) is 2. The molecule has 0 aliphatic rings. The smallest absolute Gasteiger partial charge is 0.244 e. The molecule has 0 heterocycles. The Morgan fingerprint density at radius 2 is 1.62 bits per heavy atom. The first-order valence-corrected chi connectivity index (χ1v) is 13.5. The van der Waals surface area contributed by atoms with Crippen LogP contribution < -0.4 is 9.62 Å². The molecule has 2 aromatic rings. The molecule has 0 bridgehead atoms. The van der Waals surface area contributed by atoms with E-state index in [0.717, 1.165) is 33.7 Å². The van der Waals surface area contributed by atoms with Crippen LogP contribution in [0, 0.1) is 6.92 Å². The zero-order valence-corrected chi connectivity index (χ0v) is 21.9. The summed E-state index contributed by atoms with van der Waals surface area (Å²) in [5, 5.41) is 2.93. The molecule has 0 saturated heterocycles. The largest absolute Gasteiger partial charge is 0.352 e. The predicted octanol–water partition coefficient (Wildman–Crippen LogP) is 3.66. The highest BCUT2D eigenvalue weighted by Gasteiger charge is 2.31. The molecule has 7 nitrogen and oxygen atoms in total. The zero-order valence-electron chi connectivity index (χ0n) is 21.0. The minimum atomic E-state index is -3.74. The van der Waals surface area contributed by atoms with Gasteiger partial charge in [-0.25, -0.2) is 8.42 Å². The lowest BCUT2D eigenvalue weighted by Gasteiger charge is -2.32. The van der Waals surface area contributed by atoms with Crippen LogP contribution in [0.15, 0.2) is 48.5 Å². The van der Waals surface area contributed by atoms with Crippen molar-refractivity contribution in [1.82, 2.24) is 10.2 Å². The molecule has 0 spiro atoms. The van der Waals surface area contributed by atoms with Crippen LogP contribution in [0.3, 0.4) is 0 Å². The summed E-state index contributed by atoms with van der Waals surface area (Å²) in [5.41, 5.74) is 3.26. The van der Waals surface area contributed by atoms with Crippen molar-refractivity contribution in [2.45, 2.75) is 66.1 Å². The highest BCUT2D eigenvalue weighted by atomic mass is 32.2. The Labute approximate surface area is 204 Å². The minimum Gasteiger partial charge on any atom is -0.352 e. The standard InChI is InChI=1S/C26H37N3O4S/c1-7-20(4)27-26(31)21(5)28(17-22-15-13-19(3)14-16-22)25(30)18-29(34(6,32)33)24-12-10-9-11-23(24)8-2/h9-16,20-21H,7-8,17-18H2,1-6H3,(H,27,31)/t20-,21-/m1/s1. The molecule has 0 saturated carbocycles. The van der Waals surface area contributed by atoms with Crippen LogP contribution in [0.1, 0.15) is 50.8 Å². The maximum atomic E-state index is 13.6. The first kappa shape index (κ1) is 27.4. The molecule has 8 heteroatoms. The number of carbonyl (C=O) groups is 2. The first-order chi connectivity index (χ1) is 16.0. The van der Waals surface area contributed by atoms with E-state index < -0.39 is 22.0 Å². The van der Waals surface area contributed by atoms with E-state index in [2.05, 4.69) is 5.32 Å². The van der Waals surface area contributed by atoms with Crippen LogP contribution in [0.25, 0.3) is 0 Å². The summed E-state index contributed by atoms with van der Waals surface area (Å²) in [6.07, 6.45) is 2.48. The van der Waals surface area contributed by atoms with Gasteiger partial charge in [-0.3, -0.25) is 13.9 Å². The third kappa shape index (κ3) is 7.32. The topological polar surface area (TPSA) is 86.8 Å². The van der Waals surface area contributed by atoms with Gasteiger partial charge in [0.25, 0.3) is 0 Å². The van der Waals surface area contributed by atoms with Crippen LogP contribution in [-0.2, 0) is 32.6 Å². The minimum absolute atomic E-state index is 0.0322. The summed E-state index contributed by atoms with van der Waals surface area (Å²) in [6, 6.07) is 14.1. The molecule has 186 valence electrons. The fourth-order valence-electron chi connectivity index (χ4n) is 3.59. The molecule has 0 fully saturated rings. The molecule has 0 aliphatic heterocycles.